The van der Waals surface area contributed by atoms with Crippen LogP contribution in [0.2, 0.25) is 0 Å². The van der Waals surface area contributed by atoms with Gasteiger partial charge in [-0.05, 0) is 6.92 Å². The second kappa shape index (κ2) is 1.93. The van der Waals surface area contributed by atoms with Gasteiger partial charge in [-0.1, -0.05) is 6.58 Å². The average Bonchev–Trinajstić information content (AvgIpc) is 2.13. The van der Waals surface area contributed by atoms with Gasteiger partial charge in [-0.15, -0.1) is 0 Å². The van der Waals surface area contributed by atoms with Crippen molar-refractivity contribution in [1.82, 2.24) is 9.78 Å². The lowest BCUT2D eigenvalue weighted by Crippen LogP contribution is -1.83. The van der Waals surface area contributed by atoms with Gasteiger partial charge in [-0.25, -0.2) is 4.68 Å². The molecule has 0 aliphatic rings. The van der Waals surface area contributed by atoms with E-state index in [1.54, 1.807) is 6.92 Å². The molecule has 1 heterocycles. The van der Waals surface area contributed by atoms with E-state index < -0.39 is 0 Å². The molecule has 0 bridgehead atoms. The second-order valence-electron chi connectivity index (χ2n) is 1.76. The maximum absolute atomic E-state index is 8.94. The van der Waals surface area contributed by atoms with Crippen LogP contribution in [0.1, 0.15) is 5.69 Å². The van der Waals surface area contributed by atoms with Crippen molar-refractivity contribution in [3.63, 3.8) is 0 Å². The van der Waals surface area contributed by atoms with Gasteiger partial charge in [0.05, 0.1) is 6.20 Å². The summed E-state index contributed by atoms with van der Waals surface area (Å²) in [5.74, 6) is 0.204. The van der Waals surface area contributed by atoms with Crippen molar-refractivity contribution in [2.24, 2.45) is 0 Å². The molecule has 0 unspecified atom stereocenters. The fraction of sp³-hybridized carbons (Fsp3) is 0.167. The van der Waals surface area contributed by atoms with E-state index in [1.165, 1.54) is 17.1 Å². The van der Waals surface area contributed by atoms with Gasteiger partial charge in [0.15, 0.2) is 5.75 Å². The molecular weight excluding hydrogens is 116 g/mol. The zero-order valence-electron chi connectivity index (χ0n) is 5.20. The molecule has 1 aromatic heterocycles. The lowest BCUT2D eigenvalue weighted by atomic mass is 10.5. The average molecular weight is 124 g/mol. The summed E-state index contributed by atoms with van der Waals surface area (Å²) in [6, 6.07) is 0. The monoisotopic (exact) mass is 124 g/mol. The zero-order valence-corrected chi connectivity index (χ0v) is 5.20. The second-order valence-corrected chi connectivity index (χ2v) is 1.76. The molecule has 0 aliphatic heterocycles. The number of nitrogens with zero attached hydrogens (tertiary/aromatic N) is 2. The van der Waals surface area contributed by atoms with Crippen molar-refractivity contribution >= 4 is 6.20 Å². The largest absolute Gasteiger partial charge is 0.504 e. The van der Waals surface area contributed by atoms with Gasteiger partial charge >= 0.3 is 0 Å². The number of hydrogen-bond acceptors (Lipinski definition) is 2. The van der Waals surface area contributed by atoms with Crippen LogP contribution in [0.4, 0.5) is 0 Å². The van der Waals surface area contributed by atoms with Gasteiger partial charge in [0.25, 0.3) is 0 Å². The summed E-state index contributed by atoms with van der Waals surface area (Å²) in [6.07, 6.45) is 3.02. The lowest BCUT2D eigenvalue weighted by molar-refractivity contribution is 0.471. The molecule has 0 saturated carbocycles. The van der Waals surface area contributed by atoms with Crippen molar-refractivity contribution in [3.8, 4) is 5.75 Å². The van der Waals surface area contributed by atoms with Gasteiger partial charge in [-0.3, -0.25) is 0 Å². The molecule has 1 rings (SSSR count). The summed E-state index contributed by atoms with van der Waals surface area (Å²) >= 11 is 0. The number of hydrogen-bond donors (Lipinski definition) is 1. The first-order chi connectivity index (χ1) is 4.24. The van der Waals surface area contributed by atoms with E-state index in [-0.39, 0.29) is 5.75 Å². The molecule has 0 spiro atoms. The third kappa shape index (κ3) is 0.937. The van der Waals surface area contributed by atoms with E-state index in [4.69, 9.17) is 5.11 Å². The van der Waals surface area contributed by atoms with Crippen molar-refractivity contribution in [2.45, 2.75) is 6.92 Å². The number of aromatic nitrogens is 2. The van der Waals surface area contributed by atoms with Crippen LogP contribution in [0.3, 0.4) is 0 Å². The third-order valence-electron chi connectivity index (χ3n) is 1.08. The summed E-state index contributed by atoms with van der Waals surface area (Å²) in [4.78, 5) is 0. The molecule has 48 valence electrons. The van der Waals surface area contributed by atoms with E-state index in [9.17, 15) is 0 Å². The van der Waals surface area contributed by atoms with E-state index in [1.807, 2.05) is 0 Å². The Bertz CT molecular complexity index is 207. The molecular formula is C6H8N2O. The standard InChI is InChI=1S/C6H8N2O/c1-3-8-4-6(9)5(2)7-8/h3-4,9H,1H2,2H3. The van der Waals surface area contributed by atoms with Crippen LogP contribution >= 0.6 is 0 Å². The SMILES string of the molecule is C=Cn1cc(O)c(C)n1. The van der Waals surface area contributed by atoms with Crippen molar-refractivity contribution in [1.29, 1.82) is 0 Å². The van der Waals surface area contributed by atoms with Crippen molar-refractivity contribution in [2.75, 3.05) is 0 Å². The molecule has 0 atom stereocenters. The summed E-state index contributed by atoms with van der Waals surface area (Å²) in [7, 11) is 0. The molecule has 0 radical (unpaired) electrons. The number of aromatic hydroxyl groups is 1. The summed E-state index contributed by atoms with van der Waals surface area (Å²) in [6.45, 7) is 5.21. The van der Waals surface area contributed by atoms with Crippen molar-refractivity contribution < 1.29 is 5.11 Å². The van der Waals surface area contributed by atoms with E-state index in [0.717, 1.165) is 0 Å². The molecule has 1 aromatic rings. The van der Waals surface area contributed by atoms with Gasteiger partial charge in [0.2, 0.25) is 0 Å². The maximum Gasteiger partial charge on any atom is 0.156 e. The minimum Gasteiger partial charge on any atom is -0.504 e. The lowest BCUT2D eigenvalue weighted by Gasteiger charge is -1.82. The number of rotatable bonds is 1. The molecule has 1 N–H and O–H groups in total. The van der Waals surface area contributed by atoms with Crippen LogP contribution in [-0.2, 0) is 0 Å². The Balaban J connectivity index is 3.11. The molecule has 3 heteroatoms. The normalized spacial score (nSPS) is 9.44. The molecule has 3 nitrogen and oxygen atoms in total. The molecule has 0 amide bonds. The van der Waals surface area contributed by atoms with Crippen LogP contribution < -0.4 is 0 Å². The van der Waals surface area contributed by atoms with Crippen molar-refractivity contribution in [3.05, 3.63) is 18.5 Å². The highest BCUT2D eigenvalue weighted by atomic mass is 16.3. The predicted octanol–water partition coefficient (Wildman–Crippen LogP) is 0.998. The van der Waals surface area contributed by atoms with Crippen LogP contribution in [-0.4, -0.2) is 14.9 Å². The Labute approximate surface area is 53.2 Å². The fourth-order valence-corrected chi connectivity index (χ4v) is 0.566. The topological polar surface area (TPSA) is 38.0 Å². The Morgan fingerprint density at radius 3 is 2.78 bits per heavy atom. The summed E-state index contributed by atoms with van der Waals surface area (Å²) in [5, 5.41) is 12.8. The minimum absolute atomic E-state index is 0.204. The summed E-state index contributed by atoms with van der Waals surface area (Å²) < 4.78 is 1.46. The van der Waals surface area contributed by atoms with E-state index in [2.05, 4.69) is 11.7 Å². The maximum atomic E-state index is 8.94. The van der Waals surface area contributed by atoms with Gasteiger partial charge < -0.3 is 5.11 Å². The first-order valence-corrected chi connectivity index (χ1v) is 2.61. The summed E-state index contributed by atoms with van der Waals surface area (Å²) in [5.41, 5.74) is 0.620. The Morgan fingerprint density at radius 1 is 1.89 bits per heavy atom. The van der Waals surface area contributed by atoms with E-state index >= 15 is 0 Å². The quantitative estimate of drug-likeness (QED) is 0.606. The van der Waals surface area contributed by atoms with Crippen LogP contribution in [0.15, 0.2) is 12.8 Å². The minimum atomic E-state index is 0.204. The molecule has 9 heavy (non-hydrogen) atoms. The first kappa shape index (κ1) is 5.88. The molecule has 0 saturated heterocycles. The van der Waals surface area contributed by atoms with Gasteiger partial charge in [-0.2, -0.15) is 5.10 Å². The molecule has 0 aliphatic carbocycles. The smallest absolute Gasteiger partial charge is 0.156 e. The van der Waals surface area contributed by atoms with Gasteiger partial charge in [0, 0.05) is 6.20 Å². The molecule has 0 aromatic carbocycles. The van der Waals surface area contributed by atoms with Gasteiger partial charge in [0.1, 0.15) is 5.69 Å². The Morgan fingerprint density at radius 2 is 2.56 bits per heavy atom. The molecule has 0 fully saturated rings. The predicted molar refractivity (Wildman–Crippen MR) is 35.0 cm³/mol. The fourth-order valence-electron chi connectivity index (χ4n) is 0.566. The third-order valence-corrected chi connectivity index (χ3v) is 1.08. The Hall–Kier alpha value is -1.25. The van der Waals surface area contributed by atoms with E-state index in [0.29, 0.717) is 5.69 Å². The highest BCUT2D eigenvalue weighted by molar-refractivity contribution is 5.26. The van der Waals surface area contributed by atoms with Crippen LogP contribution in [0, 0.1) is 6.92 Å². The highest BCUT2D eigenvalue weighted by Gasteiger charge is 1.97. The Kier molecular flexibility index (Phi) is 1.26. The van der Waals surface area contributed by atoms with Crippen LogP contribution in [0.25, 0.3) is 6.20 Å². The first-order valence-electron chi connectivity index (χ1n) is 2.61. The van der Waals surface area contributed by atoms with Crippen LogP contribution in [0.5, 0.6) is 5.75 Å². The zero-order chi connectivity index (χ0) is 6.85. The highest BCUT2D eigenvalue weighted by Crippen LogP contribution is 2.11. The number of aryl methyl sites for hydroxylation is 1.